The quantitative estimate of drug-likeness (QED) is 0.888. The Morgan fingerprint density at radius 3 is 2.75 bits per heavy atom. The lowest BCUT2D eigenvalue weighted by molar-refractivity contribution is -0.0883. The van der Waals surface area contributed by atoms with Gasteiger partial charge in [-0.3, -0.25) is 4.98 Å². The van der Waals surface area contributed by atoms with Crippen LogP contribution in [0.25, 0.3) is 0 Å². The summed E-state index contributed by atoms with van der Waals surface area (Å²) < 4.78 is 7.13. The number of hydrogen-bond acceptors (Lipinski definition) is 3. The molecule has 0 saturated heterocycles. The van der Waals surface area contributed by atoms with Crippen LogP contribution < -0.4 is 5.73 Å². The van der Waals surface area contributed by atoms with Crippen LogP contribution in [0, 0.1) is 5.92 Å². The number of rotatable bonds is 5. The topological polar surface area (TPSA) is 48.1 Å². The van der Waals surface area contributed by atoms with Gasteiger partial charge in [0.25, 0.3) is 0 Å². The summed E-state index contributed by atoms with van der Waals surface area (Å²) in [5, 5.41) is 0. The molecule has 20 heavy (non-hydrogen) atoms. The second-order valence-corrected chi connectivity index (χ2v) is 6.92. The van der Waals surface area contributed by atoms with Gasteiger partial charge in [-0.05, 0) is 72.5 Å². The molecule has 2 rings (SSSR count). The zero-order valence-electron chi connectivity index (χ0n) is 12.4. The van der Waals surface area contributed by atoms with Gasteiger partial charge in [0.1, 0.15) is 0 Å². The lowest BCUT2D eigenvalue weighted by Crippen LogP contribution is -2.53. The van der Waals surface area contributed by atoms with E-state index < -0.39 is 0 Å². The van der Waals surface area contributed by atoms with Crippen LogP contribution in [-0.2, 0) is 11.2 Å². The smallest absolute Gasteiger partial charge is 0.0835 e. The Bertz CT molecular complexity index is 430. The molecule has 2 N–H and O–H groups in total. The van der Waals surface area contributed by atoms with Gasteiger partial charge >= 0.3 is 0 Å². The van der Waals surface area contributed by atoms with E-state index in [4.69, 9.17) is 10.5 Å². The summed E-state index contributed by atoms with van der Waals surface area (Å²) >= 11 is 3.47. The van der Waals surface area contributed by atoms with Gasteiger partial charge in [-0.15, -0.1) is 0 Å². The lowest BCUT2D eigenvalue weighted by Gasteiger charge is -2.43. The molecule has 1 aliphatic rings. The molecule has 0 aromatic carbocycles. The Morgan fingerprint density at radius 2 is 2.15 bits per heavy atom. The summed E-state index contributed by atoms with van der Waals surface area (Å²) in [5.74, 6) is 0.795. The van der Waals surface area contributed by atoms with Crippen molar-refractivity contribution in [2.24, 2.45) is 11.7 Å². The Labute approximate surface area is 130 Å². The number of pyridine rings is 1. The molecule has 1 aliphatic carbocycles. The first kappa shape index (κ1) is 15.9. The van der Waals surface area contributed by atoms with Crippen molar-refractivity contribution in [3.63, 3.8) is 0 Å². The van der Waals surface area contributed by atoms with Crippen LogP contribution in [0.1, 0.15) is 45.1 Å². The highest BCUT2D eigenvalue weighted by Crippen LogP contribution is 2.37. The molecule has 0 radical (unpaired) electrons. The van der Waals surface area contributed by atoms with E-state index in [1.165, 1.54) is 18.4 Å². The van der Waals surface area contributed by atoms with Crippen LogP contribution in [0.15, 0.2) is 22.9 Å². The lowest BCUT2D eigenvalue weighted by atomic mass is 9.74. The van der Waals surface area contributed by atoms with Gasteiger partial charge in [0.15, 0.2) is 0 Å². The largest absolute Gasteiger partial charge is 0.374 e. The highest BCUT2D eigenvalue weighted by Gasteiger charge is 2.40. The van der Waals surface area contributed by atoms with Gasteiger partial charge < -0.3 is 10.5 Å². The van der Waals surface area contributed by atoms with Gasteiger partial charge in [-0.1, -0.05) is 6.92 Å². The molecular weight excluding hydrogens is 316 g/mol. The van der Waals surface area contributed by atoms with Gasteiger partial charge in [-0.25, -0.2) is 0 Å². The van der Waals surface area contributed by atoms with E-state index >= 15 is 0 Å². The first-order valence-electron chi connectivity index (χ1n) is 7.54. The van der Waals surface area contributed by atoms with Crippen LogP contribution in [-0.4, -0.2) is 23.2 Å². The third-order valence-corrected chi connectivity index (χ3v) is 4.88. The maximum atomic E-state index is 6.53. The van der Waals surface area contributed by atoms with Crippen LogP contribution in [0.3, 0.4) is 0 Å². The Balaban J connectivity index is 2.09. The maximum absolute atomic E-state index is 6.53. The molecule has 1 aromatic heterocycles. The number of halogens is 1. The average molecular weight is 341 g/mol. The molecule has 1 aromatic rings. The van der Waals surface area contributed by atoms with E-state index in [1.807, 2.05) is 6.20 Å². The van der Waals surface area contributed by atoms with Gasteiger partial charge in [-0.2, -0.15) is 0 Å². The molecule has 1 heterocycles. The predicted molar refractivity (Wildman–Crippen MR) is 85.6 cm³/mol. The fourth-order valence-electron chi connectivity index (χ4n) is 3.17. The van der Waals surface area contributed by atoms with Crippen LogP contribution >= 0.6 is 15.9 Å². The number of hydrogen-bond donors (Lipinski definition) is 1. The summed E-state index contributed by atoms with van der Waals surface area (Å²) in [4.78, 5) is 4.22. The van der Waals surface area contributed by atoms with Crippen molar-refractivity contribution in [1.29, 1.82) is 0 Å². The fourth-order valence-corrected chi connectivity index (χ4v) is 3.58. The second kappa shape index (κ2) is 7.01. The highest BCUT2D eigenvalue weighted by atomic mass is 79.9. The van der Waals surface area contributed by atoms with E-state index in [0.29, 0.717) is 0 Å². The Kier molecular flexibility index (Phi) is 5.58. The summed E-state index contributed by atoms with van der Waals surface area (Å²) in [6.45, 7) is 5.12. The van der Waals surface area contributed by atoms with Crippen LogP contribution in [0.2, 0.25) is 0 Å². The molecule has 1 unspecified atom stereocenters. The van der Waals surface area contributed by atoms with Crippen molar-refractivity contribution >= 4 is 15.9 Å². The van der Waals surface area contributed by atoms with Gasteiger partial charge in [0, 0.05) is 29.5 Å². The zero-order chi connectivity index (χ0) is 14.6. The summed E-state index contributed by atoms with van der Waals surface area (Å²) in [7, 11) is 0. The standard InChI is InChI=1S/C16H25BrN2O/c1-3-20-16(6-4-12(2)5-7-16)15(18)9-13-8-14(17)11-19-10-13/h8,10-12,15H,3-7,9,18H2,1-2H3. The van der Waals surface area contributed by atoms with Crippen LogP contribution in [0.5, 0.6) is 0 Å². The first-order valence-corrected chi connectivity index (χ1v) is 8.34. The maximum Gasteiger partial charge on any atom is 0.0835 e. The molecule has 1 fully saturated rings. The van der Waals surface area contributed by atoms with E-state index in [-0.39, 0.29) is 11.6 Å². The van der Waals surface area contributed by atoms with Crippen LogP contribution in [0.4, 0.5) is 0 Å². The third kappa shape index (κ3) is 3.80. The molecule has 0 aliphatic heterocycles. The van der Waals surface area contributed by atoms with E-state index in [0.717, 1.165) is 36.3 Å². The molecular formula is C16H25BrN2O. The first-order chi connectivity index (χ1) is 9.55. The SMILES string of the molecule is CCOC1(C(N)Cc2cncc(Br)c2)CCC(C)CC1. The second-order valence-electron chi connectivity index (χ2n) is 6.00. The van der Waals surface area contributed by atoms with Gasteiger partial charge in [0.05, 0.1) is 5.60 Å². The minimum absolute atomic E-state index is 0.0334. The molecule has 3 nitrogen and oxygen atoms in total. The third-order valence-electron chi connectivity index (χ3n) is 4.45. The Hall–Kier alpha value is -0.450. The van der Waals surface area contributed by atoms with Crippen molar-refractivity contribution in [3.05, 3.63) is 28.5 Å². The fraction of sp³-hybridized carbons (Fsp3) is 0.688. The zero-order valence-corrected chi connectivity index (χ0v) is 14.0. The Morgan fingerprint density at radius 1 is 1.45 bits per heavy atom. The molecule has 112 valence electrons. The number of aromatic nitrogens is 1. The molecule has 0 spiro atoms. The molecule has 0 bridgehead atoms. The highest BCUT2D eigenvalue weighted by molar-refractivity contribution is 9.10. The molecule has 4 heteroatoms. The number of ether oxygens (including phenoxy) is 1. The van der Waals surface area contributed by atoms with Crippen molar-refractivity contribution in [3.8, 4) is 0 Å². The van der Waals surface area contributed by atoms with Crippen molar-refractivity contribution < 1.29 is 4.74 Å². The van der Waals surface area contributed by atoms with E-state index in [1.54, 1.807) is 6.20 Å². The van der Waals surface area contributed by atoms with Crippen molar-refractivity contribution in [2.45, 2.75) is 57.6 Å². The van der Waals surface area contributed by atoms with Crippen molar-refractivity contribution in [1.82, 2.24) is 4.98 Å². The monoisotopic (exact) mass is 340 g/mol. The molecule has 0 amide bonds. The van der Waals surface area contributed by atoms with E-state index in [9.17, 15) is 0 Å². The normalized spacial score (nSPS) is 28.3. The van der Waals surface area contributed by atoms with Gasteiger partial charge in [0.2, 0.25) is 0 Å². The predicted octanol–water partition coefficient (Wildman–Crippen LogP) is 3.70. The number of nitrogens with two attached hydrogens (primary N) is 1. The average Bonchev–Trinajstić information content (AvgIpc) is 2.42. The molecule has 1 atom stereocenters. The summed E-state index contributed by atoms with van der Waals surface area (Å²) in [5.41, 5.74) is 7.55. The molecule has 1 saturated carbocycles. The summed E-state index contributed by atoms with van der Waals surface area (Å²) in [6, 6.07) is 2.13. The minimum atomic E-state index is -0.149. The number of nitrogens with zero attached hydrogens (tertiary/aromatic N) is 1. The van der Waals surface area contributed by atoms with Crippen molar-refractivity contribution in [2.75, 3.05) is 6.61 Å². The minimum Gasteiger partial charge on any atom is -0.374 e. The van der Waals surface area contributed by atoms with E-state index in [2.05, 4.69) is 40.8 Å². The summed E-state index contributed by atoms with van der Waals surface area (Å²) in [6.07, 6.45) is 9.09.